The topological polar surface area (TPSA) is 51.0 Å². The van der Waals surface area contributed by atoms with Gasteiger partial charge in [-0.1, -0.05) is 11.6 Å². The van der Waals surface area contributed by atoms with E-state index in [4.69, 9.17) is 0 Å². The van der Waals surface area contributed by atoms with Gasteiger partial charge in [-0.25, -0.2) is 26.5 Å². The van der Waals surface area contributed by atoms with Gasteiger partial charge in [0.2, 0.25) is 0 Å². The van der Waals surface area contributed by atoms with E-state index in [0.29, 0.717) is 30.8 Å². The number of benzene rings is 2. The van der Waals surface area contributed by atoms with Crippen LogP contribution in [0.4, 0.5) is 17.6 Å². The first-order valence-electron chi connectivity index (χ1n) is 11.9. The predicted octanol–water partition coefficient (Wildman–Crippen LogP) is 6.05. The normalized spacial score (nSPS) is 19.0. The molecule has 2 aromatic carbocycles. The number of pyridine rings is 1. The molecule has 3 heterocycles. The summed E-state index contributed by atoms with van der Waals surface area (Å²) in [5, 5.41) is 4.51. The molecule has 1 aliphatic heterocycles. The van der Waals surface area contributed by atoms with E-state index in [1.165, 1.54) is 18.2 Å². The van der Waals surface area contributed by atoms with Crippen LogP contribution in [0.2, 0.25) is 0 Å². The van der Waals surface area contributed by atoms with E-state index < -0.39 is 22.9 Å². The molecule has 2 aromatic heterocycles. The molecule has 2 aliphatic rings. The fourth-order valence-corrected chi connectivity index (χ4v) is 6.19. The number of Topliss-reactive ketones (excluding diaryl/α,β-unsaturated/α-hetero) is 1. The number of hydrogen-bond acceptors (Lipinski definition) is 5. The van der Waals surface area contributed by atoms with Crippen molar-refractivity contribution in [2.24, 2.45) is 5.41 Å². The number of nitrogens with zero attached hydrogens (tertiary/aromatic N) is 4. The molecular weight excluding hydrogens is 516 g/mol. The van der Waals surface area contributed by atoms with Gasteiger partial charge in [-0.2, -0.15) is 5.10 Å². The summed E-state index contributed by atoms with van der Waals surface area (Å²) in [6, 6.07) is 13.2. The number of halogens is 4. The van der Waals surface area contributed by atoms with Gasteiger partial charge in [-0.15, -0.1) is 0 Å². The third-order valence-corrected chi connectivity index (χ3v) is 8.09. The number of hydrogen-bond donors (Lipinski definition) is 0. The zero-order chi connectivity index (χ0) is 26.4. The van der Waals surface area contributed by atoms with E-state index in [2.05, 4.69) is 10.1 Å². The van der Waals surface area contributed by atoms with Crippen LogP contribution < -0.4 is 0 Å². The molecule has 1 aliphatic carbocycles. The molecule has 0 saturated carbocycles. The minimum absolute atomic E-state index is 0.0580. The quantitative estimate of drug-likeness (QED) is 0.135. The van der Waals surface area contributed by atoms with Gasteiger partial charge in [0.1, 0.15) is 11.5 Å². The van der Waals surface area contributed by atoms with Crippen molar-refractivity contribution in [3.05, 3.63) is 113 Å². The maximum atomic E-state index is 14.5. The Balaban J connectivity index is 1.40. The van der Waals surface area contributed by atoms with Crippen LogP contribution in [0.15, 0.2) is 77.5 Å². The molecule has 1 unspecified atom stereocenters. The molecule has 38 heavy (non-hydrogen) atoms. The van der Waals surface area contributed by atoms with Crippen LogP contribution in [-0.2, 0) is 6.42 Å². The van der Waals surface area contributed by atoms with E-state index in [1.54, 1.807) is 47.4 Å². The Hall–Kier alpha value is -3.76. The van der Waals surface area contributed by atoms with Crippen molar-refractivity contribution in [3.8, 4) is 5.69 Å². The summed E-state index contributed by atoms with van der Waals surface area (Å²) in [6.07, 6.45) is 6.00. The average molecular weight is 537 g/mol. The maximum absolute atomic E-state index is 14.5. The lowest BCUT2D eigenvalue weighted by Gasteiger charge is -2.44. The highest BCUT2D eigenvalue weighted by atomic mass is 32.2. The SMILES string of the molecule is O=C(c1ccccn1)C12Cc3cnn(-c4ccc(F)cc4)c3C=C1CCN(Sc1ccc(F)c(F)c1F)C2. The lowest BCUT2D eigenvalue weighted by atomic mass is 9.65. The molecule has 0 amide bonds. The van der Waals surface area contributed by atoms with Crippen LogP contribution in [0.25, 0.3) is 11.8 Å². The molecule has 10 heteroatoms. The van der Waals surface area contributed by atoms with Crippen molar-refractivity contribution in [2.45, 2.75) is 17.7 Å². The number of rotatable bonds is 5. The van der Waals surface area contributed by atoms with E-state index >= 15 is 0 Å². The third kappa shape index (κ3) is 4.13. The summed E-state index contributed by atoms with van der Waals surface area (Å²) in [7, 11) is 0. The van der Waals surface area contributed by atoms with Crippen LogP contribution in [0.3, 0.4) is 0 Å². The Morgan fingerprint density at radius 1 is 0.974 bits per heavy atom. The number of ketones is 1. The van der Waals surface area contributed by atoms with Gasteiger partial charge >= 0.3 is 0 Å². The van der Waals surface area contributed by atoms with Gasteiger partial charge in [-0.05, 0) is 85.0 Å². The Morgan fingerprint density at radius 3 is 2.55 bits per heavy atom. The van der Waals surface area contributed by atoms with E-state index in [9.17, 15) is 22.4 Å². The fraction of sp³-hybridized carbons (Fsp3) is 0.179. The number of piperidine rings is 1. The summed E-state index contributed by atoms with van der Waals surface area (Å²) in [5.74, 6) is -4.57. The minimum atomic E-state index is -1.53. The zero-order valence-corrected chi connectivity index (χ0v) is 20.7. The Labute approximate surface area is 219 Å². The highest BCUT2D eigenvalue weighted by Crippen LogP contribution is 2.48. The van der Waals surface area contributed by atoms with Crippen molar-refractivity contribution < 1.29 is 22.4 Å². The number of carbonyl (C=O) groups is 1. The maximum Gasteiger partial charge on any atom is 0.195 e. The second kappa shape index (κ2) is 9.52. The molecule has 0 N–H and O–H groups in total. The van der Waals surface area contributed by atoms with Gasteiger partial charge in [-0.3, -0.25) is 9.78 Å². The van der Waals surface area contributed by atoms with Crippen LogP contribution in [0.1, 0.15) is 28.2 Å². The molecule has 0 spiro atoms. The number of fused-ring (bicyclic) bond motifs is 2. The van der Waals surface area contributed by atoms with Crippen molar-refractivity contribution in [3.63, 3.8) is 0 Å². The van der Waals surface area contributed by atoms with Gasteiger partial charge in [0.05, 0.1) is 27.9 Å². The number of aromatic nitrogens is 3. The van der Waals surface area contributed by atoms with E-state index in [0.717, 1.165) is 34.8 Å². The van der Waals surface area contributed by atoms with Crippen molar-refractivity contribution in [2.75, 3.05) is 13.1 Å². The van der Waals surface area contributed by atoms with Gasteiger partial charge in [0.25, 0.3) is 0 Å². The minimum Gasteiger partial charge on any atom is -0.291 e. The molecule has 0 bridgehead atoms. The summed E-state index contributed by atoms with van der Waals surface area (Å²) in [6.45, 7) is 0.657. The van der Waals surface area contributed by atoms with Crippen molar-refractivity contribution >= 4 is 23.8 Å². The zero-order valence-electron chi connectivity index (χ0n) is 19.9. The standard InChI is InChI=1S/C28H20F4N4OS/c29-19-4-6-20(7-5-19)36-23-13-18-10-12-35(38-24-9-8-21(30)25(31)26(24)32)16-28(18,14-17(23)15-34-36)27(37)22-3-1-2-11-33-22/h1-9,11,13,15H,10,12,14,16H2. The molecule has 192 valence electrons. The summed E-state index contributed by atoms with van der Waals surface area (Å²) in [5.41, 5.74) is 2.50. The van der Waals surface area contributed by atoms with Crippen LogP contribution in [0.5, 0.6) is 0 Å². The van der Waals surface area contributed by atoms with Gasteiger partial charge in [0.15, 0.2) is 23.2 Å². The molecule has 4 aromatic rings. The molecule has 6 rings (SSSR count). The lowest BCUT2D eigenvalue weighted by Crippen LogP contribution is -2.49. The Kier molecular flexibility index (Phi) is 6.16. The lowest BCUT2D eigenvalue weighted by molar-refractivity contribution is 0.0775. The monoisotopic (exact) mass is 536 g/mol. The molecule has 5 nitrogen and oxygen atoms in total. The second-order valence-corrected chi connectivity index (χ2v) is 10.4. The highest BCUT2D eigenvalue weighted by molar-refractivity contribution is 7.97. The van der Waals surface area contributed by atoms with Crippen molar-refractivity contribution in [1.82, 2.24) is 19.1 Å². The fourth-order valence-electron chi connectivity index (χ4n) is 5.14. The van der Waals surface area contributed by atoms with Crippen LogP contribution in [-0.4, -0.2) is 37.9 Å². The highest BCUT2D eigenvalue weighted by Gasteiger charge is 2.49. The summed E-state index contributed by atoms with van der Waals surface area (Å²) in [4.78, 5) is 18.3. The van der Waals surface area contributed by atoms with E-state index in [-0.39, 0.29) is 23.0 Å². The molecule has 0 radical (unpaired) electrons. The third-order valence-electron chi connectivity index (χ3n) is 7.01. The van der Waals surface area contributed by atoms with Crippen molar-refractivity contribution in [1.29, 1.82) is 0 Å². The molecule has 1 saturated heterocycles. The smallest absolute Gasteiger partial charge is 0.195 e. The number of carbonyl (C=O) groups excluding carboxylic acids is 1. The average Bonchev–Trinajstić information content (AvgIpc) is 3.34. The first kappa shape index (κ1) is 24.6. The van der Waals surface area contributed by atoms with Gasteiger partial charge < -0.3 is 0 Å². The summed E-state index contributed by atoms with van der Waals surface area (Å²) < 4.78 is 58.9. The molecule has 1 fully saturated rings. The molecular formula is C28H20F4N4OS. The second-order valence-electron chi connectivity index (χ2n) is 9.29. The first-order chi connectivity index (χ1) is 18.4. The summed E-state index contributed by atoms with van der Waals surface area (Å²) >= 11 is 0.961. The van der Waals surface area contributed by atoms with Crippen LogP contribution >= 0.6 is 11.9 Å². The Bertz CT molecular complexity index is 1570. The predicted molar refractivity (Wildman–Crippen MR) is 135 cm³/mol. The largest absolute Gasteiger partial charge is 0.291 e. The van der Waals surface area contributed by atoms with Crippen LogP contribution in [0, 0.1) is 28.7 Å². The molecule has 1 atom stereocenters. The van der Waals surface area contributed by atoms with E-state index in [1.807, 2.05) is 10.4 Å². The first-order valence-corrected chi connectivity index (χ1v) is 12.7. The Morgan fingerprint density at radius 2 is 1.79 bits per heavy atom. The van der Waals surface area contributed by atoms with Gasteiger partial charge in [0, 0.05) is 19.3 Å².